The average molecular weight is 364 g/mol. The molecule has 2 fully saturated rings. The molecule has 5 nitrogen and oxygen atoms in total. The number of thioether (sulfide) groups is 1. The van der Waals surface area contributed by atoms with Crippen molar-refractivity contribution in [3.8, 4) is 0 Å². The number of aliphatic hydroxyl groups is 1. The third-order valence-corrected chi connectivity index (χ3v) is 6.01. The molecule has 1 aliphatic heterocycles. The fourth-order valence-electron chi connectivity index (χ4n) is 3.44. The smallest absolute Gasteiger partial charge is 0.319 e. The van der Waals surface area contributed by atoms with Crippen LogP contribution in [-0.2, 0) is 6.42 Å². The summed E-state index contributed by atoms with van der Waals surface area (Å²) >= 11 is 2.04. The molecule has 1 saturated carbocycles. The van der Waals surface area contributed by atoms with Gasteiger partial charge in [-0.05, 0) is 49.8 Å². The highest BCUT2D eigenvalue weighted by atomic mass is 32.2. The van der Waals surface area contributed by atoms with Crippen LogP contribution >= 0.6 is 11.8 Å². The maximum Gasteiger partial charge on any atom is 0.319 e. The van der Waals surface area contributed by atoms with Gasteiger partial charge in [0.25, 0.3) is 0 Å². The molecule has 1 saturated heterocycles. The van der Waals surface area contributed by atoms with Crippen molar-refractivity contribution < 1.29 is 9.90 Å². The van der Waals surface area contributed by atoms with Gasteiger partial charge in [0.2, 0.25) is 0 Å². The maximum absolute atomic E-state index is 12.1. The molecule has 6 heteroatoms. The summed E-state index contributed by atoms with van der Waals surface area (Å²) < 4.78 is 0. The molecule has 1 heterocycles. The SMILES string of the molecule is O=C(Nc1ccc(CCN2CCSCC2)cc1)NC1CCC(O)CC1. The molecule has 0 spiro atoms. The minimum Gasteiger partial charge on any atom is -0.393 e. The van der Waals surface area contributed by atoms with Crippen molar-refractivity contribution in [2.24, 2.45) is 0 Å². The molecule has 0 atom stereocenters. The molecule has 3 rings (SSSR count). The summed E-state index contributed by atoms with van der Waals surface area (Å²) in [5.41, 5.74) is 2.14. The van der Waals surface area contributed by atoms with E-state index in [0.29, 0.717) is 0 Å². The quantitative estimate of drug-likeness (QED) is 0.753. The standard InChI is InChI=1S/C19H29N3O2S/c23-18-7-5-17(6-8-18)21-19(24)20-16-3-1-15(2-4-16)9-10-22-11-13-25-14-12-22/h1-4,17-18,23H,5-14H2,(H2,20,21,24). The number of aliphatic hydroxyl groups excluding tert-OH is 1. The molecule has 0 aromatic heterocycles. The van der Waals surface area contributed by atoms with Crippen molar-refractivity contribution in [2.75, 3.05) is 36.5 Å². The minimum absolute atomic E-state index is 0.153. The molecule has 2 amide bonds. The normalized spacial score (nSPS) is 24.7. The summed E-state index contributed by atoms with van der Waals surface area (Å²) in [4.78, 5) is 14.6. The Labute approximate surface area is 154 Å². The van der Waals surface area contributed by atoms with E-state index >= 15 is 0 Å². The van der Waals surface area contributed by atoms with Gasteiger partial charge in [-0.2, -0.15) is 11.8 Å². The van der Waals surface area contributed by atoms with Crippen molar-refractivity contribution in [2.45, 2.75) is 44.2 Å². The van der Waals surface area contributed by atoms with E-state index in [2.05, 4.69) is 27.7 Å². The zero-order valence-electron chi connectivity index (χ0n) is 14.7. The van der Waals surface area contributed by atoms with E-state index in [0.717, 1.165) is 44.3 Å². The number of hydrogen-bond acceptors (Lipinski definition) is 4. The molecule has 0 unspecified atom stereocenters. The Morgan fingerprint density at radius 3 is 2.48 bits per heavy atom. The van der Waals surface area contributed by atoms with Crippen LogP contribution in [0.5, 0.6) is 0 Å². The second kappa shape index (κ2) is 9.46. The number of carbonyl (C=O) groups is 1. The number of nitrogens with one attached hydrogen (secondary N) is 2. The van der Waals surface area contributed by atoms with Crippen LogP contribution in [0.15, 0.2) is 24.3 Å². The molecule has 1 aliphatic carbocycles. The van der Waals surface area contributed by atoms with Gasteiger partial charge in [0.1, 0.15) is 0 Å². The van der Waals surface area contributed by atoms with Crippen LogP contribution in [0.4, 0.5) is 10.5 Å². The first-order valence-electron chi connectivity index (χ1n) is 9.33. The number of rotatable bonds is 5. The van der Waals surface area contributed by atoms with Crippen molar-refractivity contribution in [1.82, 2.24) is 10.2 Å². The predicted octanol–water partition coefficient (Wildman–Crippen LogP) is 2.70. The van der Waals surface area contributed by atoms with Gasteiger partial charge in [0, 0.05) is 42.9 Å². The number of carbonyl (C=O) groups excluding carboxylic acids is 1. The third kappa shape index (κ3) is 6.20. The average Bonchev–Trinajstić information content (AvgIpc) is 2.64. The van der Waals surface area contributed by atoms with Crippen LogP contribution < -0.4 is 10.6 Å². The Morgan fingerprint density at radius 1 is 1.12 bits per heavy atom. The van der Waals surface area contributed by atoms with Crippen molar-refractivity contribution in [3.63, 3.8) is 0 Å². The molecule has 138 valence electrons. The van der Waals surface area contributed by atoms with Crippen LogP contribution in [0.2, 0.25) is 0 Å². The number of anilines is 1. The molecule has 3 N–H and O–H groups in total. The van der Waals surface area contributed by atoms with Gasteiger partial charge in [-0.15, -0.1) is 0 Å². The first kappa shape index (κ1) is 18.5. The van der Waals surface area contributed by atoms with Crippen LogP contribution in [0.1, 0.15) is 31.2 Å². The Balaban J connectivity index is 1.40. The first-order chi connectivity index (χ1) is 12.2. The molecule has 1 aromatic rings. The van der Waals surface area contributed by atoms with E-state index in [4.69, 9.17) is 0 Å². The molecular weight excluding hydrogens is 334 g/mol. The first-order valence-corrected chi connectivity index (χ1v) is 10.5. The third-order valence-electron chi connectivity index (χ3n) is 5.06. The lowest BCUT2D eigenvalue weighted by molar-refractivity contribution is 0.118. The number of benzene rings is 1. The van der Waals surface area contributed by atoms with Crippen LogP contribution in [0.3, 0.4) is 0 Å². The van der Waals surface area contributed by atoms with Gasteiger partial charge in [-0.3, -0.25) is 0 Å². The molecule has 25 heavy (non-hydrogen) atoms. The zero-order valence-corrected chi connectivity index (χ0v) is 15.6. The Bertz CT molecular complexity index is 538. The maximum atomic E-state index is 12.1. The lowest BCUT2D eigenvalue weighted by atomic mass is 9.93. The van der Waals surface area contributed by atoms with E-state index in [9.17, 15) is 9.90 Å². The van der Waals surface area contributed by atoms with Gasteiger partial charge in [-0.1, -0.05) is 12.1 Å². The van der Waals surface area contributed by atoms with Gasteiger partial charge in [0.15, 0.2) is 0 Å². The van der Waals surface area contributed by atoms with Crippen LogP contribution in [0, 0.1) is 0 Å². The van der Waals surface area contributed by atoms with Gasteiger partial charge < -0.3 is 20.6 Å². The molecule has 0 radical (unpaired) electrons. The Kier molecular flexibility index (Phi) is 7.02. The highest BCUT2D eigenvalue weighted by Crippen LogP contribution is 2.18. The highest BCUT2D eigenvalue weighted by molar-refractivity contribution is 7.99. The largest absolute Gasteiger partial charge is 0.393 e. The molecule has 1 aromatic carbocycles. The lowest BCUT2D eigenvalue weighted by Crippen LogP contribution is -2.40. The van der Waals surface area contributed by atoms with Crippen molar-refractivity contribution >= 4 is 23.5 Å². The number of hydrogen-bond donors (Lipinski definition) is 3. The minimum atomic E-state index is -0.197. The van der Waals surface area contributed by atoms with E-state index < -0.39 is 0 Å². The van der Waals surface area contributed by atoms with E-state index in [-0.39, 0.29) is 18.2 Å². The fourth-order valence-corrected chi connectivity index (χ4v) is 4.42. The van der Waals surface area contributed by atoms with Gasteiger partial charge in [-0.25, -0.2) is 4.79 Å². The van der Waals surface area contributed by atoms with E-state index in [1.165, 1.54) is 30.2 Å². The summed E-state index contributed by atoms with van der Waals surface area (Å²) in [6.07, 6.45) is 4.11. The summed E-state index contributed by atoms with van der Waals surface area (Å²) in [5.74, 6) is 2.50. The highest BCUT2D eigenvalue weighted by Gasteiger charge is 2.20. The summed E-state index contributed by atoms with van der Waals surface area (Å²) in [6.45, 7) is 3.51. The molecular formula is C19H29N3O2S. The second-order valence-electron chi connectivity index (χ2n) is 7.00. The zero-order chi connectivity index (χ0) is 17.5. The lowest BCUT2D eigenvalue weighted by Gasteiger charge is -2.26. The second-order valence-corrected chi connectivity index (χ2v) is 8.23. The number of urea groups is 1. The fraction of sp³-hybridized carbons (Fsp3) is 0.632. The number of amides is 2. The van der Waals surface area contributed by atoms with Gasteiger partial charge in [0.05, 0.1) is 6.10 Å². The van der Waals surface area contributed by atoms with Gasteiger partial charge >= 0.3 is 6.03 Å². The Morgan fingerprint density at radius 2 is 1.80 bits per heavy atom. The monoisotopic (exact) mass is 363 g/mol. The summed E-state index contributed by atoms with van der Waals surface area (Å²) in [7, 11) is 0. The van der Waals surface area contributed by atoms with Crippen LogP contribution in [0.25, 0.3) is 0 Å². The number of nitrogens with zero attached hydrogens (tertiary/aromatic N) is 1. The van der Waals surface area contributed by atoms with E-state index in [1.54, 1.807) is 0 Å². The Hall–Kier alpha value is -1.24. The molecule has 2 aliphatic rings. The van der Waals surface area contributed by atoms with Crippen molar-refractivity contribution in [3.05, 3.63) is 29.8 Å². The van der Waals surface area contributed by atoms with E-state index in [1.807, 2.05) is 23.9 Å². The summed E-state index contributed by atoms with van der Waals surface area (Å²) in [5, 5.41) is 15.4. The van der Waals surface area contributed by atoms with Crippen LogP contribution in [-0.4, -0.2) is 59.3 Å². The topological polar surface area (TPSA) is 64.6 Å². The summed E-state index contributed by atoms with van der Waals surface area (Å²) in [6, 6.07) is 8.18. The molecule has 0 bridgehead atoms. The predicted molar refractivity (Wildman–Crippen MR) is 104 cm³/mol. The van der Waals surface area contributed by atoms with Crippen molar-refractivity contribution in [1.29, 1.82) is 0 Å².